The Labute approximate surface area is 185 Å². The molecule has 2 aromatic rings. The number of rotatable bonds is 7. The van der Waals surface area contributed by atoms with Gasteiger partial charge in [0.2, 0.25) is 0 Å². The lowest BCUT2D eigenvalue weighted by atomic mass is 9.96. The van der Waals surface area contributed by atoms with Crippen molar-refractivity contribution in [3.63, 3.8) is 0 Å². The number of ether oxygens (including phenoxy) is 2. The number of amidine groups is 1. The number of aromatic carboxylic acids is 1. The summed E-state index contributed by atoms with van der Waals surface area (Å²) in [6.45, 7) is 3.86. The Morgan fingerprint density at radius 2 is 1.87 bits per heavy atom. The molecule has 1 aliphatic rings. The molecule has 1 heterocycles. The number of esters is 1. The summed E-state index contributed by atoms with van der Waals surface area (Å²) >= 11 is 1.47. The largest absolute Gasteiger partial charge is 0.496 e. The van der Waals surface area contributed by atoms with Crippen LogP contribution in [-0.4, -0.2) is 35.9 Å². The number of aliphatic imine (C=N–C) groups is 1. The number of carbonyl (C=O) groups excluding carboxylic acids is 1. The van der Waals surface area contributed by atoms with Gasteiger partial charge in [0.15, 0.2) is 5.17 Å². The highest BCUT2D eigenvalue weighted by Crippen LogP contribution is 2.37. The van der Waals surface area contributed by atoms with Crippen LogP contribution >= 0.6 is 11.8 Å². The van der Waals surface area contributed by atoms with E-state index in [0.717, 1.165) is 11.1 Å². The number of thioether (sulfide) groups is 1. The Kier molecular flexibility index (Phi) is 7.36. The SMILES string of the molecule is CCOC(=O)C1=C(C)NC(SCc2ccc(C(=O)O)cc2)=N[C@@H]1c1ccccc1OC. The average Bonchev–Trinajstić information content (AvgIpc) is 2.77. The second kappa shape index (κ2) is 10.2. The summed E-state index contributed by atoms with van der Waals surface area (Å²) in [6, 6.07) is 13.6. The van der Waals surface area contributed by atoms with E-state index in [1.54, 1.807) is 38.3 Å². The molecule has 0 unspecified atom stereocenters. The van der Waals surface area contributed by atoms with Gasteiger partial charge in [-0.2, -0.15) is 0 Å². The highest BCUT2D eigenvalue weighted by molar-refractivity contribution is 8.13. The predicted octanol–water partition coefficient (Wildman–Crippen LogP) is 4.16. The summed E-state index contributed by atoms with van der Waals surface area (Å²) in [7, 11) is 1.58. The third-order valence-electron chi connectivity index (χ3n) is 4.72. The molecular formula is C23H24N2O5S. The quantitative estimate of drug-likeness (QED) is 0.624. The van der Waals surface area contributed by atoms with Crippen LogP contribution in [0.1, 0.15) is 41.4 Å². The van der Waals surface area contributed by atoms with Gasteiger partial charge in [0.25, 0.3) is 0 Å². The number of allylic oxidation sites excluding steroid dienone is 1. The van der Waals surface area contributed by atoms with Crippen molar-refractivity contribution in [1.82, 2.24) is 5.32 Å². The van der Waals surface area contributed by atoms with Crippen molar-refractivity contribution in [1.29, 1.82) is 0 Å². The summed E-state index contributed by atoms with van der Waals surface area (Å²) in [5, 5.41) is 12.9. The zero-order valence-corrected chi connectivity index (χ0v) is 18.4. The maximum absolute atomic E-state index is 12.7. The molecular weight excluding hydrogens is 416 g/mol. The fourth-order valence-corrected chi connectivity index (χ4v) is 4.11. The van der Waals surface area contributed by atoms with Gasteiger partial charge in [0.1, 0.15) is 11.8 Å². The molecule has 0 saturated heterocycles. The van der Waals surface area contributed by atoms with Crippen molar-refractivity contribution in [2.45, 2.75) is 25.6 Å². The van der Waals surface area contributed by atoms with Gasteiger partial charge < -0.3 is 19.9 Å². The van der Waals surface area contributed by atoms with Crippen LogP contribution < -0.4 is 10.1 Å². The first kappa shape index (κ1) is 22.4. The molecule has 0 bridgehead atoms. The first-order valence-electron chi connectivity index (χ1n) is 9.75. The summed E-state index contributed by atoms with van der Waals surface area (Å²) in [5.41, 5.74) is 3.11. The number of carbonyl (C=O) groups is 2. The number of hydrogen-bond acceptors (Lipinski definition) is 7. The van der Waals surface area contributed by atoms with E-state index in [1.165, 1.54) is 11.8 Å². The first-order valence-corrected chi connectivity index (χ1v) is 10.7. The minimum atomic E-state index is -0.954. The number of nitrogens with zero attached hydrogens (tertiary/aromatic N) is 1. The van der Waals surface area contributed by atoms with Gasteiger partial charge in [-0.05, 0) is 37.6 Å². The van der Waals surface area contributed by atoms with E-state index in [1.807, 2.05) is 31.2 Å². The van der Waals surface area contributed by atoms with Gasteiger partial charge in [-0.25, -0.2) is 14.6 Å². The van der Waals surface area contributed by atoms with Gasteiger partial charge >= 0.3 is 11.9 Å². The third kappa shape index (κ3) is 5.27. The molecule has 0 spiro atoms. The Balaban J connectivity index is 1.88. The van der Waals surface area contributed by atoms with Gasteiger partial charge in [0.05, 0.1) is 24.9 Å². The maximum atomic E-state index is 12.7. The number of nitrogens with one attached hydrogen (secondary N) is 1. The van der Waals surface area contributed by atoms with Crippen molar-refractivity contribution >= 4 is 28.9 Å². The standard InChI is InChI=1S/C23H24N2O5S/c1-4-30-22(28)19-14(2)24-23(25-20(19)17-7-5-6-8-18(17)29-3)31-13-15-9-11-16(12-10-15)21(26)27/h5-12,20H,4,13H2,1-3H3,(H,24,25)(H,26,27)/t20-/m1/s1. The van der Waals surface area contributed by atoms with Crippen LogP contribution in [0.4, 0.5) is 0 Å². The summed E-state index contributed by atoms with van der Waals surface area (Å²) in [6.07, 6.45) is 0. The zero-order chi connectivity index (χ0) is 22.4. The fourth-order valence-electron chi connectivity index (χ4n) is 3.21. The molecule has 0 aliphatic carbocycles. The van der Waals surface area contributed by atoms with E-state index in [-0.39, 0.29) is 12.2 Å². The summed E-state index contributed by atoms with van der Waals surface area (Å²) < 4.78 is 10.8. The van der Waals surface area contributed by atoms with Crippen molar-refractivity contribution in [2.24, 2.45) is 4.99 Å². The van der Waals surface area contributed by atoms with Crippen molar-refractivity contribution in [3.8, 4) is 5.75 Å². The normalized spacial score (nSPS) is 15.7. The molecule has 0 aromatic heterocycles. The van der Waals surface area contributed by atoms with Crippen LogP contribution in [0.25, 0.3) is 0 Å². The Morgan fingerprint density at radius 1 is 1.16 bits per heavy atom. The highest BCUT2D eigenvalue weighted by Gasteiger charge is 2.32. The molecule has 2 aromatic carbocycles. The lowest BCUT2D eigenvalue weighted by Gasteiger charge is -2.26. The number of carboxylic acid groups (broad SMARTS) is 1. The van der Waals surface area contributed by atoms with E-state index < -0.39 is 18.0 Å². The maximum Gasteiger partial charge on any atom is 0.338 e. The van der Waals surface area contributed by atoms with Gasteiger partial charge in [0, 0.05) is 17.0 Å². The first-order chi connectivity index (χ1) is 14.9. The number of para-hydroxylation sites is 1. The fraction of sp³-hybridized carbons (Fsp3) is 0.261. The number of carboxylic acids is 1. The number of methoxy groups -OCH3 is 1. The molecule has 3 rings (SSSR count). The molecule has 8 heteroatoms. The van der Waals surface area contributed by atoms with Crippen molar-refractivity contribution in [3.05, 3.63) is 76.5 Å². The van der Waals surface area contributed by atoms with E-state index in [9.17, 15) is 9.59 Å². The molecule has 7 nitrogen and oxygen atoms in total. The van der Waals surface area contributed by atoms with Crippen LogP contribution in [0.3, 0.4) is 0 Å². The molecule has 0 amide bonds. The van der Waals surface area contributed by atoms with E-state index >= 15 is 0 Å². The van der Waals surface area contributed by atoms with E-state index in [4.69, 9.17) is 19.6 Å². The molecule has 2 N–H and O–H groups in total. The molecule has 0 radical (unpaired) electrons. The van der Waals surface area contributed by atoms with Crippen LogP contribution in [0.2, 0.25) is 0 Å². The lowest BCUT2D eigenvalue weighted by Crippen LogP contribution is -2.30. The Hall–Kier alpha value is -3.26. The molecule has 1 atom stereocenters. The topological polar surface area (TPSA) is 97.2 Å². The van der Waals surface area contributed by atoms with Gasteiger partial charge in [-0.15, -0.1) is 0 Å². The second-order valence-corrected chi connectivity index (χ2v) is 7.72. The molecule has 0 saturated carbocycles. The van der Waals surface area contributed by atoms with Gasteiger partial charge in [-0.1, -0.05) is 42.1 Å². The predicted molar refractivity (Wildman–Crippen MR) is 120 cm³/mol. The van der Waals surface area contributed by atoms with Crippen LogP contribution in [0.15, 0.2) is 64.8 Å². The van der Waals surface area contributed by atoms with Crippen LogP contribution in [0.5, 0.6) is 5.75 Å². The molecule has 1 aliphatic heterocycles. The molecule has 162 valence electrons. The number of hydrogen-bond donors (Lipinski definition) is 2. The van der Waals surface area contributed by atoms with Crippen LogP contribution in [-0.2, 0) is 15.3 Å². The van der Waals surface area contributed by atoms with E-state index in [0.29, 0.717) is 27.9 Å². The summed E-state index contributed by atoms with van der Waals surface area (Å²) in [5.74, 6) is -0.141. The average molecular weight is 441 g/mol. The smallest absolute Gasteiger partial charge is 0.338 e. The van der Waals surface area contributed by atoms with E-state index in [2.05, 4.69) is 5.32 Å². The van der Waals surface area contributed by atoms with Crippen molar-refractivity contribution < 1.29 is 24.2 Å². The Bertz CT molecular complexity index is 1030. The minimum absolute atomic E-state index is 0.246. The molecule has 0 fully saturated rings. The Morgan fingerprint density at radius 3 is 2.52 bits per heavy atom. The summed E-state index contributed by atoms with van der Waals surface area (Å²) in [4.78, 5) is 28.5. The second-order valence-electron chi connectivity index (χ2n) is 6.75. The number of benzene rings is 2. The third-order valence-corrected chi connectivity index (χ3v) is 5.68. The van der Waals surface area contributed by atoms with Crippen molar-refractivity contribution in [2.75, 3.05) is 13.7 Å². The minimum Gasteiger partial charge on any atom is -0.496 e. The van der Waals surface area contributed by atoms with Gasteiger partial charge in [-0.3, -0.25) is 0 Å². The zero-order valence-electron chi connectivity index (χ0n) is 17.5. The highest BCUT2D eigenvalue weighted by atomic mass is 32.2. The van der Waals surface area contributed by atoms with Crippen LogP contribution in [0, 0.1) is 0 Å². The monoisotopic (exact) mass is 440 g/mol. The lowest BCUT2D eigenvalue weighted by molar-refractivity contribution is -0.138. The molecule has 31 heavy (non-hydrogen) atoms.